The molecule has 0 radical (unpaired) electrons. The van der Waals surface area contributed by atoms with Crippen molar-refractivity contribution >= 4 is 11.9 Å². The molecule has 0 bridgehead atoms. The van der Waals surface area contributed by atoms with Crippen LogP contribution in [0.5, 0.6) is 0 Å². The molecule has 0 aliphatic heterocycles. The first kappa shape index (κ1) is 17.9. The normalized spacial score (nSPS) is 17.5. The first-order valence-corrected chi connectivity index (χ1v) is 6.86. The van der Waals surface area contributed by atoms with Crippen molar-refractivity contribution < 1.29 is 24.5 Å². The van der Waals surface area contributed by atoms with Crippen LogP contribution in [0.25, 0.3) is 0 Å². The largest absolute Gasteiger partial charge is 0.481 e. The van der Waals surface area contributed by atoms with Gasteiger partial charge in [0.05, 0.1) is 13.0 Å². The van der Waals surface area contributed by atoms with Crippen LogP contribution in [0.1, 0.15) is 53.4 Å². The molecule has 0 aromatic rings. The maximum atomic E-state index is 11.5. The molecular weight excluding hydrogens is 248 g/mol. The lowest BCUT2D eigenvalue weighted by atomic mass is 9.87. The molecule has 0 saturated carbocycles. The third kappa shape index (κ3) is 6.05. The third-order valence-corrected chi connectivity index (χ3v) is 3.54. The van der Waals surface area contributed by atoms with Gasteiger partial charge in [-0.15, -0.1) is 0 Å². The predicted molar refractivity (Wildman–Crippen MR) is 72.1 cm³/mol. The van der Waals surface area contributed by atoms with Gasteiger partial charge in [-0.2, -0.15) is 0 Å². The molecular formula is C14H26O5. The van der Waals surface area contributed by atoms with Crippen molar-refractivity contribution in [2.24, 2.45) is 11.8 Å². The Morgan fingerprint density at radius 1 is 1.11 bits per heavy atom. The van der Waals surface area contributed by atoms with Gasteiger partial charge in [0.1, 0.15) is 0 Å². The highest BCUT2D eigenvalue weighted by atomic mass is 16.5. The molecule has 3 unspecified atom stereocenters. The Bertz CT molecular complexity index is 302. The number of carboxylic acid groups (broad SMARTS) is 2. The highest BCUT2D eigenvalue weighted by Gasteiger charge is 2.43. The van der Waals surface area contributed by atoms with Crippen LogP contribution >= 0.6 is 0 Å². The van der Waals surface area contributed by atoms with Crippen LogP contribution in [-0.2, 0) is 14.3 Å². The van der Waals surface area contributed by atoms with Gasteiger partial charge in [0.25, 0.3) is 0 Å². The van der Waals surface area contributed by atoms with E-state index in [0.29, 0.717) is 0 Å². The summed E-state index contributed by atoms with van der Waals surface area (Å²) in [6, 6.07) is 0. The molecule has 5 nitrogen and oxygen atoms in total. The average molecular weight is 274 g/mol. The molecule has 19 heavy (non-hydrogen) atoms. The smallest absolute Gasteiger partial charge is 0.336 e. The summed E-state index contributed by atoms with van der Waals surface area (Å²) in [5.41, 5.74) is -1.61. The maximum Gasteiger partial charge on any atom is 0.336 e. The molecule has 0 aliphatic carbocycles. The highest BCUT2D eigenvalue weighted by Crippen LogP contribution is 2.28. The Morgan fingerprint density at radius 3 is 2.00 bits per heavy atom. The molecule has 112 valence electrons. The first-order chi connectivity index (χ1) is 8.77. The van der Waals surface area contributed by atoms with Crippen LogP contribution in [0.4, 0.5) is 0 Å². The lowest BCUT2D eigenvalue weighted by Crippen LogP contribution is -2.45. The van der Waals surface area contributed by atoms with E-state index >= 15 is 0 Å². The van der Waals surface area contributed by atoms with Crippen LogP contribution in [0.15, 0.2) is 0 Å². The Hall–Kier alpha value is -1.10. The summed E-state index contributed by atoms with van der Waals surface area (Å²) in [6.07, 6.45) is 1.39. The van der Waals surface area contributed by atoms with Crippen LogP contribution in [0.3, 0.4) is 0 Å². The van der Waals surface area contributed by atoms with Gasteiger partial charge in [-0.1, -0.05) is 40.5 Å². The molecule has 3 atom stereocenters. The summed E-state index contributed by atoms with van der Waals surface area (Å²) in [5.74, 6) is -2.01. The monoisotopic (exact) mass is 274 g/mol. The lowest BCUT2D eigenvalue weighted by molar-refractivity contribution is -0.177. The first-order valence-electron chi connectivity index (χ1n) is 6.86. The molecule has 0 spiro atoms. The highest BCUT2D eigenvalue weighted by molar-refractivity contribution is 5.84. The fraction of sp³-hybridized carbons (Fsp3) is 0.857. The number of hydrogen-bond donors (Lipinski definition) is 2. The fourth-order valence-corrected chi connectivity index (χ4v) is 1.78. The van der Waals surface area contributed by atoms with E-state index in [2.05, 4.69) is 0 Å². The molecule has 0 rings (SSSR count). The van der Waals surface area contributed by atoms with E-state index < -0.39 is 24.0 Å². The van der Waals surface area contributed by atoms with E-state index in [1.165, 1.54) is 0 Å². The molecule has 0 fully saturated rings. The average Bonchev–Trinajstić information content (AvgIpc) is 2.34. The molecule has 5 heteroatoms. The molecule has 0 aromatic carbocycles. The van der Waals surface area contributed by atoms with Crippen molar-refractivity contribution in [1.29, 1.82) is 0 Å². The molecule has 0 aromatic heterocycles. The maximum absolute atomic E-state index is 11.5. The Labute approximate surface area is 115 Å². The molecule has 2 N–H and O–H groups in total. The lowest BCUT2D eigenvalue weighted by Gasteiger charge is -2.31. The predicted octanol–water partition coefficient (Wildman–Crippen LogP) is 2.78. The molecule has 0 saturated heterocycles. The van der Waals surface area contributed by atoms with Crippen molar-refractivity contribution in [3.63, 3.8) is 0 Å². The van der Waals surface area contributed by atoms with Crippen LogP contribution in [0.2, 0.25) is 0 Å². The Morgan fingerprint density at radius 2 is 1.63 bits per heavy atom. The SMILES string of the molecule is CCC(C)COC(CC(=O)O)(CC(C)CC)C(=O)O. The van der Waals surface area contributed by atoms with E-state index in [1.54, 1.807) is 0 Å². The van der Waals surface area contributed by atoms with E-state index in [0.717, 1.165) is 12.8 Å². The minimum absolute atomic E-state index is 0.104. The summed E-state index contributed by atoms with van der Waals surface area (Å²) in [4.78, 5) is 22.5. The van der Waals surface area contributed by atoms with Crippen molar-refractivity contribution in [1.82, 2.24) is 0 Å². The van der Waals surface area contributed by atoms with Gasteiger partial charge in [-0.25, -0.2) is 4.79 Å². The topological polar surface area (TPSA) is 83.8 Å². The van der Waals surface area contributed by atoms with Crippen LogP contribution in [-0.4, -0.2) is 34.4 Å². The molecule has 0 amide bonds. The van der Waals surface area contributed by atoms with Crippen molar-refractivity contribution in [3.05, 3.63) is 0 Å². The summed E-state index contributed by atoms with van der Waals surface area (Å²) < 4.78 is 5.55. The van der Waals surface area contributed by atoms with Gasteiger partial charge < -0.3 is 14.9 Å². The van der Waals surface area contributed by atoms with Crippen molar-refractivity contribution in [3.8, 4) is 0 Å². The van der Waals surface area contributed by atoms with Gasteiger partial charge in [0.15, 0.2) is 5.60 Å². The number of carboxylic acids is 2. The van der Waals surface area contributed by atoms with Crippen LogP contribution in [0, 0.1) is 11.8 Å². The zero-order valence-corrected chi connectivity index (χ0v) is 12.3. The number of ether oxygens (including phenoxy) is 1. The second-order valence-corrected chi connectivity index (χ2v) is 5.41. The summed E-state index contributed by atoms with van der Waals surface area (Å²) in [6.45, 7) is 8.07. The second kappa shape index (κ2) is 8.15. The Kier molecular flexibility index (Phi) is 7.68. The minimum atomic E-state index is -1.61. The summed E-state index contributed by atoms with van der Waals surface area (Å²) in [5, 5.41) is 18.4. The fourth-order valence-electron chi connectivity index (χ4n) is 1.78. The summed E-state index contributed by atoms with van der Waals surface area (Å²) >= 11 is 0. The molecule has 0 heterocycles. The number of hydrogen-bond acceptors (Lipinski definition) is 3. The van der Waals surface area contributed by atoms with Gasteiger partial charge in [-0.05, 0) is 18.3 Å². The van der Waals surface area contributed by atoms with E-state index in [-0.39, 0.29) is 24.9 Å². The third-order valence-electron chi connectivity index (χ3n) is 3.54. The second-order valence-electron chi connectivity index (χ2n) is 5.41. The van der Waals surface area contributed by atoms with E-state index in [9.17, 15) is 14.7 Å². The van der Waals surface area contributed by atoms with E-state index in [1.807, 2.05) is 27.7 Å². The number of rotatable bonds is 10. The Balaban J connectivity index is 5.02. The minimum Gasteiger partial charge on any atom is -0.481 e. The summed E-state index contributed by atoms with van der Waals surface area (Å²) in [7, 11) is 0. The van der Waals surface area contributed by atoms with Gasteiger partial charge >= 0.3 is 11.9 Å². The van der Waals surface area contributed by atoms with Crippen molar-refractivity contribution in [2.75, 3.05) is 6.61 Å². The standard InChI is InChI=1S/C14H26O5/c1-5-10(3)7-14(13(17)18,8-12(15)16)19-9-11(4)6-2/h10-11H,5-9H2,1-4H3,(H,15,16)(H,17,18). The zero-order valence-electron chi connectivity index (χ0n) is 12.3. The zero-order chi connectivity index (χ0) is 15.1. The quantitative estimate of drug-likeness (QED) is 0.640. The van der Waals surface area contributed by atoms with Crippen LogP contribution < -0.4 is 0 Å². The van der Waals surface area contributed by atoms with Gasteiger partial charge in [-0.3, -0.25) is 4.79 Å². The molecule has 0 aliphatic rings. The van der Waals surface area contributed by atoms with E-state index in [4.69, 9.17) is 9.84 Å². The number of carbonyl (C=O) groups is 2. The van der Waals surface area contributed by atoms with Crippen molar-refractivity contribution in [2.45, 2.75) is 59.0 Å². The number of aliphatic carboxylic acids is 2. The van der Waals surface area contributed by atoms with Gasteiger partial charge in [0, 0.05) is 0 Å². The van der Waals surface area contributed by atoms with Gasteiger partial charge in [0.2, 0.25) is 0 Å².